The number of aromatic hydroxyl groups is 1. The predicted octanol–water partition coefficient (Wildman–Crippen LogP) is 4.32. The lowest BCUT2D eigenvalue weighted by Crippen LogP contribution is -1.97. The summed E-state index contributed by atoms with van der Waals surface area (Å²) < 4.78 is 2.02. The highest BCUT2D eigenvalue weighted by atomic mass is 16.3. The van der Waals surface area contributed by atoms with Gasteiger partial charge in [0.2, 0.25) is 0 Å². The highest BCUT2D eigenvalue weighted by molar-refractivity contribution is 5.87. The number of benzene rings is 3. The molecule has 0 aliphatic carbocycles. The van der Waals surface area contributed by atoms with Gasteiger partial charge in [-0.1, -0.05) is 42.5 Å². The number of hydrogen-bond acceptors (Lipinski definition) is 4. The van der Waals surface area contributed by atoms with Gasteiger partial charge in [-0.05, 0) is 36.4 Å². The number of nitrogens with zero attached hydrogens (tertiary/aromatic N) is 4. The number of phenols is 1. The molecule has 0 spiro atoms. The Morgan fingerprint density at radius 2 is 1.42 bits per heavy atom. The van der Waals surface area contributed by atoms with Crippen LogP contribution in [0.3, 0.4) is 0 Å². The molecular formula is C21H14N4O. The van der Waals surface area contributed by atoms with Gasteiger partial charge in [-0.2, -0.15) is 0 Å². The van der Waals surface area contributed by atoms with Crippen molar-refractivity contribution in [3.05, 3.63) is 78.9 Å². The molecule has 2 aromatic heterocycles. The maximum absolute atomic E-state index is 9.58. The van der Waals surface area contributed by atoms with Gasteiger partial charge in [0.15, 0.2) is 11.5 Å². The SMILES string of the molecule is Oc1ccc(-c2nnc3c(-c4ccccc4)nc4ccccc4n23)cc1. The van der Waals surface area contributed by atoms with Crippen molar-refractivity contribution in [2.75, 3.05) is 0 Å². The highest BCUT2D eigenvalue weighted by Gasteiger charge is 2.17. The van der Waals surface area contributed by atoms with Crippen LogP contribution in [0.5, 0.6) is 5.75 Å². The molecule has 0 fully saturated rings. The second-order valence-electron chi connectivity index (χ2n) is 6.04. The minimum atomic E-state index is 0.221. The molecule has 26 heavy (non-hydrogen) atoms. The summed E-state index contributed by atoms with van der Waals surface area (Å²) in [6.45, 7) is 0. The Hall–Kier alpha value is -3.73. The lowest BCUT2D eigenvalue weighted by atomic mass is 10.1. The van der Waals surface area contributed by atoms with Crippen LogP contribution in [0.2, 0.25) is 0 Å². The summed E-state index contributed by atoms with van der Waals surface area (Å²) >= 11 is 0. The van der Waals surface area contributed by atoms with E-state index in [0.717, 1.165) is 33.7 Å². The molecule has 5 nitrogen and oxygen atoms in total. The van der Waals surface area contributed by atoms with Crippen molar-refractivity contribution in [3.8, 4) is 28.4 Å². The third-order valence-electron chi connectivity index (χ3n) is 4.40. The first kappa shape index (κ1) is 14.6. The quantitative estimate of drug-likeness (QED) is 0.521. The van der Waals surface area contributed by atoms with Crippen LogP contribution in [0.15, 0.2) is 78.9 Å². The van der Waals surface area contributed by atoms with E-state index in [1.54, 1.807) is 12.1 Å². The van der Waals surface area contributed by atoms with Crippen LogP contribution >= 0.6 is 0 Å². The molecule has 5 aromatic rings. The molecule has 1 N–H and O–H groups in total. The molecule has 0 saturated heterocycles. The minimum Gasteiger partial charge on any atom is -0.508 e. The Labute approximate surface area is 149 Å². The molecule has 5 rings (SSSR count). The number of hydrogen-bond donors (Lipinski definition) is 1. The van der Waals surface area contributed by atoms with Crippen molar-refractivity contribution in [2.45, 2.75) is 0 Å². The van der Waals surface area contributed by atoms with Gasteiger partial charge in [0, 0.05) is 11.1 Å². The van der Waals surface area contributed by atoms with Gasteiger partial charge >= 0.3 is 0 Å². The molecule has 2 heterocycles. The fourth-order valence-corrected chi connectivity index (χ4v) is 3.17. The molecule has 5 heteroatoms. The van der Waals surface area contributed by atoms with Crippen molar-refractivity contribution < 1.29 is 5.11 Å². The second-order valence-corrected chi connectivity index (χ2v) is 6.04. The van der Waals surface area contributed by atoms with Gasteiger partial charge in [-0.15, -0.1) is 10.2 Å². The summed E-state index contributed by atoms with van der Waals surface area (Å²) in [5.41, 5.74) is 5.19. The smallest absolute Gasteiger partial charge is 0.188 e. The molecule has 0 amide bonds. The molecule has 3 aromatic carbocycles. The molecule has 0 aliphatic rings. The fourth-order valence-electron chi connectivity index (χ4n) is 3.17. The fraction of sp³-hybridized carbons (Fsp3) is 0. The van der Waals surface area contributed by atoms with Crippen LogP contribution in [-0.2, 0) is 0 Å². The van der Waals surface area contributed by atoms with Gasteiger partial charge in [0.25, 0.3) is 0 Å². The molecule has 0 aliphatic heterocycles. The van der Waals surface area contributed by atoms with E-state index >= 15 is 0 Å². The zero-order valence-corrected chi connectivity index (χ0v) is 13.7. The Morgan fingerprint density at radius 1 is 0.692 bits per heavy atom. The molecule has 0 atom stereocenters. The molecule has 0 radical (unpaired) electrons. The van der Waals surface area contributed by atoms with Crippen molar-refractivity contribution in [2.24, 2.45) is 0 Å². The van der Waals surface area contributed by atoms with Gasteiger partial charge in [0.1, 0.15) is 11.4 Å². The average Bonchev–Trinajstić information content (AvgIpc) is 3.14. The Kier molecular flexibility index (Phi) is 3.18. The van der Waals surface area contributed by atoms with E-state index in [1.807, 2.05) is 71.1 Å². The third-order valence-corrected chi connectivity index (χ3v) is 4.40. The highest BCUT2D eigenvalue weighted by Crippen LogP contribution is 2.29. The lowest BCUT2D eigenvalue weighted by Gasteiger charge is -2.09. The summed E-state index contributed by atoms with van der Waals surface area (Å²) in [5.74, 6) is 0.940. The summed E-state index contributed by atoms with van der Waals surface area (Å²) in [6, 6.07) is 24.9. The summed E-state index contributed by atoms with van der Waals surface area (Å²) in [5, 5.41) is 18.4. The molecule has 0 saturated carbocycles. The van der Waals surface area contributed by atoms with E-state index in [4.69, 9.17) is 4.98 Å². The first-order valence-electron chi connectivity index (χ1n) is 8.30. The Morgan fingerprint density at radius 3 is 2.23 bits per heavy atom. The first-order chi connectivity index (χ1) is 12.8. The van der Waals surface area contributed by atoms with Gasteiger partial charge in [-0.3, -0.25) is 4.40 Å². The topological polar surface area (TPSA) is 63.3 Å². The van der Waals surface area contributed by atoms with Crippen molar-refractivity contribution >= 4 is 16.7 Å². The monoisotopic (exact) mass is 338 g/mol. The van der Waals surface area contributed by atoms with Gasteiger partial charge < -0.3 is 5.11 Å². The maximum Gasteiger partial charge on any atom is 0.188 e. The van der Waals surface area contributed by atoms with E-state index in [0.29, 0.717) is 5.65 Å². The zero-order chi connectivity index (χ0) is 17.5. The molecular weight excluding hydrogens is 324 g/mol. The standard InChI is InChI=1S/C21H14N4O/c26-16-12-10-15(11-13-16)20-23-24-21-19(14-6-2-1-3-7-14)22-17-8-4-5-9-18(17)25(20)21/h1-13,26H. The minimum absolute atomic E-state index is 0.221. The normalized spacial score (nSPS) is 11.2. The molecule has 0 bridgehead atoms. The van der Waals surface area contributed by atoms with Crippen LogP contribution in [0.1, 0.15) is 0 Å². The van der Waals surface area contributed by atoms with Crippen LogP contribution < -0.4 is 0 Å². The molecule has 124 valence electrons. The van der Waals surface area contributed by atoms with Crippen molar-refractivity contribution in [1.29, 1.82) is 0 Å². The lowest BCUT2D eigenvalue weighted by molar-refractivity contribution is 0.475. The van der Waals surface area contributed by atoms with Crippen LogP contribution in [0.4, 0.5) is 0 Å². The van der Waals surface area contributed by atoms with E-state index < -0.39 is 0 Å². The zero-order valence-electron chi connectivity index (χ0n) is 13.7. The van der Waals surface area contributed by atoms with Crippen LogP contribution in [0.25, 0.3) is 39.3 Å². The van der Waals surface area contributed by atoms with Crippen LogP contribution in [0, 0.1) is 0 Å². The molecule has 0 unspecified atom stereocenters. The van der Waals surface area contributed by atoms with E-state index in [1.165, 1.54) is 0 Å². The summed E-state index contributed by atoms with van der Waals surface area (Å²) in [4.78, 5) is 4.83. The van der Waals surface area contributed by atoms with Crippen LogP contribution in [-0.4, -0.2) is 24.7 Å². The number of phenolic OH excluding ortho intramolecular Hbond substituents is 1. The Balaban J connectivity index is 1.90. The van der Waals surface area contributed by atoms with E-state index in [9.17, 15) is 5.11 Å². The second kappa shape index (κ2) is 5.67. The van der Waals surface area contributed by atoms with Crippen molar-refractivity contribution in [3.63, 3.8) is 0 Å². The van der Waals surface area contributed by atoms with Gasteiger partial charge in [0.05, 0.1) is 11.0 Å². The van der Waals surface area contributed by atoms with E-state index in [-0.39, 0.29) is 5.75 Å². The Bertz CT molecular complexity index is 1230. The number of rotatable bonds is 2. The number of aromatic nitrogens is 4. The number of para-hydroxylation sites is 2. The first-order valence-corrected chi connectivity index (χ1v) is 8.30. The summed E-state index contributed by atoms with van der Waals surface area (Å²) in [6.07, 6.45) is 0. The largest absolute Gasteiger partial charge is 0.508 e. The average molecular weight is 338 g/mol. The van der Waals surface area contributed by atoms with Crippen molar-refractivity contribution in [1.82, 2.24) is 19.6 Å². The van der Waals surface area contributed by atoms with Gasteiger partial charge in [-0.25, -0.2) is 4.98 Å². The third kappa shape index (κ3) is 2.22. The van der Waals surface area contributed by atoms with E-state index in [2.05, 4.69) is 10.2 Å². The summed E-state index contributed by atoms with van der Waals surface area (Å²) in [7, 11) is 0. The number of fused-ring (bicyclic) bond motifs is 3. The predicted molar refractivity (Wildman–Crippen MR) is 101 cm³/mol. The maximum atomic E-state index is 9.58.